The van der Waals surface area contributed by atoms with E-state index in [1.165, 1.54) is 18.7 Å². The van der Waals surface area contributed by atoms with Gasteiger partial charge >= 0.3 is 0 Å². The number of hydrogen-bond donors (Lipinski definition) is 1. The summed E-state index contributed by atoms with van der Waals surface area (Å²) in [6.07, 6.45) is 0. The number of H-pyrrole nitrogens is 1. The molecule has 7 nitrogen and oxygen atoms in total. The third-order valence-corrected chi connectivity index (χ3v) is 5.61. The second kappa shape index (κ2) is 7.71. The van der Waals surface area contributed by atoms with Gasteiger partial charge in [0.2, 0.25) is 5.16 Å². The van der Waals surface area contributed by atoms with E-state index in [9.17, 15) is 9.59 Å². The summed E-state index contributed by atoms with van der Waals surface area (Å²) in [5, 5.41) is 12.1. The summed E-state index contributed by atoms with van der Waals surface area (Å²) < 4.78 is 1.64. The van der Waals surface area contributed by atoms with E-state index < -0.39 is 5.25 Å². The molecule has 0 aliphatic heterocycles. The highest BCUT2D eigenvalue weighted by Crippen LogP contribution is 2.28. The summed E-state index contributed by atoms with van der Waals surface area (Å²) in [7, 11) is 0. The van der Waals surface area contributed by atoms with Crippen LogP contribution in [0.2, 0.25) is 0 Å². The van der Waals surface area contributed by atoms with Crippen LogP contribution in [-0.4, -0.2) is 42.0 Å². The Labute approximate surface area is 167 Å². The lowest BCUT2D eigenvalue weighted by Gasteiger charge is -2.11. The van der Waals surface area contributed by atoms with Gasteiger partial charge in [-0.05, 0) is 80.8 Å². The number of carbonyl (C=O) groups is 2. The molecule has 0 saturated carbocycles. The van der Waals surface area contributed by atoms with Crippen molar-refractivity contribution in [2.45, 2.75) is 51.9 Å². The SMILES string of the molecule is CC(=O)c1c(C)[nH]c(C(=O)[C@H](C)Sc2nnnn2-c2cc(C)cc(C)c2)c1C. The molecule has 0 aliphatic rings. The fraction of sp³-hybridized carbons (Fsp3) is 0.350. The van der Waals surface area contributed by atoms with Gasteiger partial charge in [-0.2, -0.15) is 4.68 Å². The number of carbonyl (C=O) groups excluding carboxylic acids is 2. The van der Waals surface area contributed by atoms with E-state index in [1.54, 1.807) is 18.5 Å². The predicted octanol–water partition coefficient (Wildman–Crippen LogP) is 3.79. The van der Waals surface area contributed by atoms with Crippen molar-refractivity contribution in [1.82, 2.24) is 25.2 Å². The first-order valence-electron chi connectivity index (χ1n) is 8.97. The summed E-state index contributed by atoms with van der Waals surface area (Å²) >= 11 is 1.29. The molecular formula is C20H23N5O2S. The number of thioether (sulfide) groups is 1. The molecule has 1 aromatic carbocycles. The maximum absolute atomic E-state index is 13.0. The van der Waals surface area contributed by atoms with Crippen LogP contribution in [0.5, 0.6) is 0 Å². The second-order valence-corrected chi connectivity index (χ2v) is 8.33. The molecular weight excluding hydrogens is 374 g/mol. The molecule has 0 amide bonds. The van der Waals surface area contributed by atoms with Crippen LogP contribution in [0.25, 0.3) is 5.69 Å². The van der Waals surface area contributed by atoms with Crippen molar-refractivity contribution in [3.05, 3.63) is 51.8 Å². The fourth-order valence-corrected chi connectivity index (χ4v) is 4.29. The first-order chi connectivity index (χ1) is 13.2. The van der Waals surface area contributed by atoms with Crippen LogP contribution in [-0.2, 0) is 0 Å². The fourth-order valence-electron chi connectivity index (χ4n) is 3.43. The molecule has 0 unspecified atom stereocenters. The van der Waals surface area contributed by atoms with E-state index in [4.69, 9.17) is 0 Å². The number of nitrogens with zero attached hydrogens (tertiary/aromatic N) is 4. The number of nitrogens with one attached hydrogen (secondary N) is 1. The first kappa shape index (κ1) is 20.0. The number of rotatable bonds is 6. The highest BCUT2D eigenvalue weighted by molar-refractivity contribution is 8.00. The van der Waals surface area contributed by atoms with Crippen LogP contribution in [0, 0.1) is 27.7 Å². The molecule has 3 aromatic rings. The summed E-state index contributed by atoms with van der Waals surface area (Å²) in [6, 6.07) is 6.07. The lowest BCUT2D eigenvalue weighted by molar-refractivity contribution is 0.0988. The molecule has 2 aromatic heterocycles. The van der Waals surface area contributed by atoms with E-state index in [-0.39, 0.29) is 11.6 Å². The van der Waals surface area contributed by atoms with Crippen LogP contribution < -0.4 is 0 Å². The molecule has 8 heteroatoms. The molecule has 3 rings (SSSR count). The molecule has 1 N–H and O–H groups in total. The Morgan fingerprint density at radius 3 is 2.32 bits per heavy atom. The highest BCUT2D eigenvalue weighted by Gasteiger charge is 2.26. The predicted molar refractivity (Wildman–Crippen MR) is 109 cm³/mol. The average Bonchev–Trinajstić information content (AvgIpc) is 3.17. The van der Waals surface area contributed by atoms with E-state index in [0.29, 0.717) is 27.7 Å². The standard InChI is InChI=1S/C20H23N5O2S/c1-10-7-11(2)9-16(8-10)25-20(22-23-24-25)28-15(6)19(27)18-12(3)17(14(5)26)13(4)21-18/h7-9,15,21H,1-6H3/t15-/m0/s1. The second-order valence-electron chi connectivity index (χ2n) is 7.02. The molecule has 1 atom stereocenters. The first-order valence-corrected chi connectivity index (χ1v) is 9.85. The maximum Gasteiger partial charge on any atom is 0.214 e. The summed E-state index contributed by atoms with van der Waals surface area (Å²) in [4.78, 5) is 27.9. The molecule has 0 saturated heterocycles. The maximum atomic E-state index is 13.0. The number of benzene rings is 1. The molecule has 0 aliphatic carbocycles. The van der Waals surface area contributed by atoms with Crippen molar-refractivity contribution in [2.75, 3.05) is 0 Å². The largest absolute Gasteiger partial charge is 0.355 e. The average molecular weight is 398 g/mol. The quantitative estimate of drug-likeness (QED) is 0.502. The Morgan fingerprint density at radius 2 is 1.75 bits per heavy atom. The number of aromatic nitrogens is 5. The zero-order valence-corrected chi connectivity index (χ0v) is 17.6. The zero-order chi connectivity index (χ0) is 20.6. The van der Waals surface area contributed by atoms with Crippen molar-refractivity contribution < 1.29 is 9.59 Å². The number of ketones is 2. The van der Waals surface area contributed by atoms with Gasteiger partial charge < -0.3 is 4.98 Å². The number of aromatic amines is 1. The van der Waals surface area contributed by atoms with Gasteiger partial charge in [-0.3, -0.25) is 9.59 Å². The van der Waals surface area contributed by atoms with Gasteiger partial charge in [0.05, 0.1) is 16.6 Å². The molecule has 0 fully saturated rings. The third-order valence-electron chi connectivity index (χ3n) is 4.58. The smallest absolute Gasteiger partial charge is 0.214 e. The molecule has 2 heterocycles. The van der Waals surface area contributed by atoms with Gasteiger partial charge in [0, 0.05) is 11.3 Å². The lowest BCUT2D eigenvalue weighted by Crippen LogP contribution is -2.16. The minimum atomic E-state index is -0.424. The van der Waals surface area contributed by atoms with Crippen LogP contribution in [0.1, 0.15) is 57.1 Å². The van der Waals surface area contributed by atoms with Crippen LogP contribution in [0.15, 0.2) is 23.4 Å². The minimum Gasteiger partial charge on any atom is -0.355 e. The van der Waals surface area contributed by atoms with E-state index in [1.807, 2.05) is 32.9 Å². The Kier molecular flexibility index (Phi) is 5.51. The zero-order valence-electron chi connectivity index (χ0n) is 16.8. The normalized spacial score (nSPS) is 12.2. The molecule has 28 heavy (non-hydrogen) atoms. The van der Waals surface area contributed by atoms with Crippen molar-refractivity contribution in [2.24, 2.45) is 0 Å². The minimum absolute atomic E-state index is 0.0515. The van der Waals surface area contributed by atoms with Gasteiger partial charge in [-0.1, -0.05) is 17.8 Å². The van der Waals surface area contributed by atoms with Gasteiger partial charge in [-0.25, -0.2) is 0 Å². The Bertz CT molecular complexity index is 1050. The third kappa shape index (κ3) is 3.77. The van der Waals surface area contributed by atoms with Crippen LogP contribution in [0.4, 0.5) is 0 Å². The van der Waals surface area contributed by atoms with Gasteiger partial charge in [0.1, 0.15) is 0 Å². The summed E-state index contributed by atoms with van der Waals surface area (Å²) in [6.45, 7) is 11.0. The van der Waals surface area contributed by atoms with Crippen molar-refractivity contribution in [3.8, 4) is 5.69 Å². The van der Waals surface area contributed by atoms with Crippen LogP contribution >= 0.6 is 11.8 Å². The molecule has 0 bridgehead atoms. The summed E-state index contributed by atoms with van der Waals surface area (Å²) in [5.74, 6) is -0.141. The summed E-state index contributed by atoms with van der Waals surface area (Å²) in [5.41, 5.74) is 5.53. The highest BCUT2D eigenvalue weighted by atomic mass is 32.2. The van der Waals surface area contributed by atoms with E-state index >= 15 is 0 Å². The lowest BCUT2D eigenvalue weighted by atomic mass is 10.0. The van der Waals surface area contributed by atoms with Gasteiger partial charge in [-0.15, -0.1) is 5.10 Å². The Morgan fingerprint density at radius 1 is 1.11 bits per heavy atom. The molecule has 146 valence electrons. The van der Waals surface area contributed by atoms with Crippen molar-refractivity contribution in [1.29, 1.82) is 0 Å². The number of Topliss-reactive ketones (excluding diaryl/α,β-unsaturated/α-hetero) is 2. The van der Waals surface area contributed by atoms with Gasteiger partial charge in [0.25, 0.3) is 0 Å². The Balaban J connectivity index is 1.88. The van der Waals surface area contributed by atoms with E-state index in [2.05, 4.69) is 26.6 Å². The van der Waals surface area contributed by atoms with E-state index in [0.717, 1.165) is 16.8 Å². The number of aryl methyl sites for hydroxylation is 3. The Hall–Kier alpha value is -2.74. The topological polar surface area (TPSA) is 93.5 Å². The number of tetrazole rings is 1. The van der Waals surface area contributed by atoms with Crippen molar-refractivity contribution in [3.63, 3.8) is 0 Å². The molecule has 0 spiro atoms. The van der Waals surface area contributed by atoms with Crippen molar-refractivity contribution >= 4 is 23.3 Å². The number of hydrogen-bond acceptors (Lipinski definition) is 6. The van der Waals surface area contributed by atoms with Crippen LogP contribution in [0.3, 0.4) is 0 Å². The molecule has 0 radical (unpaired) electrons. The van der Waals surface area contributed by atoms with Gasteiger partial charge in [0.15, 0.2) is 11.6 Å². The monoisotopic (exact) mass is 397 g/mol.